The lowest BCUT2D eigenvalue weighted by molar-refractivity contribution is -0.824. The Morgan fingerprint density at radius 2 is 1.50 bits per heavy atom. The van der Waals surface area contributed by atoms with Crippen LogP contribution in [-0.2, 0) is 19.6 Å². The summed E-state index contributed by atoms with van der Waals surface area (Å²) < 4.78 is 18.4. The van der Waals surface area contributed by atoms with Crippen molar-refractivity contribution in [3.05, 3.63) is 71.8 Å². The number of hydrogen-bond acceptors (Lipinski definition) is 3. The first kappa shape index (κ1) is 15.8. The highest BCUT2D eigenvalue weighted by Crippen LogP contribution is 2.44. The van der Waals surface area contributed by atoms with Gasteiger partial charge in [-0.25, -0.2) is 0 Å². The van der Waals surface area contributed by atoms with Crippen LogP contribution in [0.5, 0.6) is 0 Å². The van der Waals surface area contributed by atoms with E-state index in [2.05, 4.69) is 48.5 Å². The van der Waals surface area contributed by atoms with Crippen molar-refractivity contribution in [2.24, 2.45) is 0 Å². The summed E-state index contributed by atoms with van der Waals surface area (Å²) in [7, 11) is 3.38. The molecule has 0 spiro atoms. The molecule has 1 unspecified atom stereocenters. The minimum Gasteiger partial charge on any atom is -0.488 e. The van der Waals surface area contributed by atoms with Crippen LogP contribution in [0, 0.1) is 0 Å². The summed E-state index contributed by atoms with van der Waals surface area (Å²) in [5.41, 5.74) is 1.79. The Labute approximate surface area is 143 Å². The summed E-state index contributed by atoms with van der Waals surface area (Å²) in [6, 6.07) is 21.3. The molecule has 2 aromatic carbocycles. The van der Waals surface area contributed by atoms with Gasteiger partial charge in [0.15, 0.2) is 0 Å². The number of nitrogens with one attached hydrogen (secondary N) is 1. The molecule has 2 saturated heterocycles. The van der Waals surface area contributed by atoms with Crippen LogP contribution in [0.2, 0.25) is 0 Å². The molecule has 2 fully saturated rings. The van der Waals surface area contributed by atoms with Crippen LogP contribution >= 0.6 is 0 Å². The molecule has 0 saturated carbocycles. The quantitative estimate of drug-likeness (QED) is 0.869. The minimum absolute atomic E-state index is 0.280. The molecule has 4 nitrogen and oxygen atoms in total. The van der Waals surface area contributed by atoms with Crippen molar-refractivity contribution in [2.45, 2.75) is 24.5 Å². The predicted molar refractivity (Wildman–Crippen MR) is 93.4 cm³/mol. The van der Waals surface area contributed by atoms with Crippen LogP contribution in [0.15, 0.2) is 60.7 Å². The van der Waals surface area contributed by atoms with E-state index in [0.29, 0.717) is 0 Å². The molecule has 2 heterocycles. The van der Waals surface area contributed by atoms with E-state index in [9.17, 15) is 0 Å². The summed E-state index contributed by atoms with van der Waals surface area (Å²) in [6.45, 7) is -0.834. The fourth-order valence-electron chi connectivity index (χ4n) is 4.73. The van der Waals surface area contributed by atoms with Crippen molar-refractivity contribution < 1.29 is 18.8 Å². The summed E-state index contributed by atoms with van der Waals surface area (Å²) in [6.07, 6.45) is 2.25. The van der Waals surface area contributed by atoms with Crippen molar-refractivity contribution in [2.75, 3.05) is 20.8 Å². The Morgan fingerprint density at radius 1 is 0.958 bits per heavy atom. The fraction of sp³-hybridized carbons (Fsp3) is 0.368. The van der Waals surface area contributed by atoms with Crippen LogP contribution in [0.1, 0.15) is 24.0 Å². The molecular weight excluding hydrogens is 301 g/mol. The van der Waals surface area contributed by atoms with E-state index in [-0.39, 0.29) is 6.04 Å². The number of hydrogen-bond donors (Lipinski definition) is 1. The van der Waals surface area contributed by atoms with Gasteiger partial charge < -0.3 is 18.8 Å². The molecule has 0 aromatic heterocycles. The van der Waals surface area contributed by atoms with Crippen molar-refractivity contribution >= 4 is 6.89 Å². The van der Waals surface area contributed by atoms with Crippen LogP contribution in [0.4, 0.5) is 0 Å². The third-order valence-corrected chi connectivity index (χ3v) is 5.72. The Kier molecular flexibility index (Phi) is 3.97. The molecule has 0 bridgehead atoms. The van der Waals surface area contributed by atoms with Crippen molar-refractivity contribution in [1.29, 1.82) is 0 Å². The minimum atomic E-state index is -1.84. The first-order valence-corrected chi connectivity index (χ1v) is 8.68. The Bertz CT molecular complexity index is 651. The van der Waals surface area contributed by atoms with Gasteiger partial charge in [0.1, 0.15) is 5.60 Å². The molecule has 2 atom stereocenters. The van der Waals surface area contributed by atoms with Gasteiger partial charge in [-0.3, -0.25) is 0 Å². The average Bonchev–Trinajstić information content (AvgIpc) is 3.25. The van der Waals surface area contributed by atoms with Crippen LogP contribution in [0.25, 0.3) is 0 Å². The van der Waals surface area contributed by atoms with E-state index in [1.54, 1.807) is 14.2 Å². The smallest absolute Gasteiger partial charge is 0.488 e. The molecule has 0 radical (unpaired) electrons. The number of fused-ring (bicyclic) bond motifs is 1. The van der Waals surface area contributed by atoms with Crippen molar-refractivity contribution in [3.8, 4) is 0 Å². The molecule has 2 aliphatic heterocycles. The zero-order chi connectivity index (χ0) is 16.6. The standard InChI is InChI=1S/C19H24BNO3/c1-22-20(23-2)21-15-9-14-18(21)19(24-20,16-10-5-3-6-11-16)17-12-7-4-8-13-17/h3-8,10-13,18,21H,9,14-15H2,1-2H3/t18-/m0/s1. The maximum atomic E-state index is 6.76. The molecule has 126 valence electrons. The normalized spacial score (nSPS) is 27.1. The second-order valence-corrected chi connectivity index (χ2v) is 6.72. The molecule has 24 heavy (non-hydrogen) atoms. The number of benzene rings is 2. The third kappa shape index (κ3) is 2.09. The highest BCUT2D eigenvalue weighted by Gasteiger charge is 2.66. The van der Waals surface area contributed by atoms with Gasteiger partial charge in [0.25, 0.3) is 0 Å². The maximum absolute atomic E-state index is 6.76. The van der Waals surface area contributed by atoms with Crippen LogP contribution in [-0.4, -0.2) is 33.7 Å². The summed E-state index contributed by atoms with van der Waals surface area (Å²) in [5.74, 6) is 0. The first-order chi connectivity index (χ1) is 11.8. The zero-order valence-electron chi connectivity index (χ0n) is 14.3. The van der Waals surface area contributed by atoms with Gasteiger partial charge in [-0.2, -0.15) is 0 Å². The fourth-order valence-corrected chi connectivity index (χ4v) is 4.73. The van der Waals surface area contributed by atoms with E-state index >= 15 is 0 Å². The average molecular weight is 325 g/mol. The van der Waals surface area contributed by atoms with Crippen molar-refractivity contribution in [1.82, 2.24) is 0 Å². The summed E-state index contributed by atoms with van der Waals surface area (Å²) >= 11 is 0. The largest absolute Gasteiger partial charge is 0.624 e. The first-order valence-electron chi connectivity index (χ1n) is 8.68. The highest BCUT2D eigenvalue weighted by atomic mass is 16.8. The van der Waals surface area contributed by atoms with Gasteiger partial charge in [-0.1, -0.05) is 60.7 Å². The van der Waals surface area contributed by atoms with Gasteiger partial charge >= 0.3 is 6.89 Å². The number of rotatable bonds is 4. The third-order valence-electron chi connectivity index (χ3n) is 5.72. The lowest BCUT2D eigenvalue weighted by Crippen LogP contribution is -3.23. The molecule has 2 aliphatic rings. The number of quaternary nitrogens is 1. The Morgan fingerprint density at radius 3 is 2.00 bits per heavy atom. The molecule has 2 aromatic rings. The van der Waals surface area contributed by atoms with Gasteiger partial charge in [-0.05, 0) is 31.8 Å². The SMILES string of the molecule is CO[B-]1(OC)OC(c2ccccc2)(c2ccccc2)[C@@H]2CCC[NH+]21. The maximum Gasteiger partial charge on any atom is 0.624 e. The Balaban J connectivity index is 1.95. The van der Waals surface area contributed by atoms with Crippen molar-refractivity contribution in [3.63, 3.8) is 0 Å². The van der Waals surface area contributed by atoms with Gasteiger partial charge in [0.05, 0.1) is 6.04 Å². The summed E-state index contributed by atoms with van der Waals surface area (Å²) in [4.78, 5) is 1.28. The molecule has 1 N–H and O–H groups in total. The van der Waals surface area contributed by atoms with E-state index < -0.39 is 12.5 Å². The molecule has 4 rings (SSSR count). The second kappa shape index (κ2) is 6.01. The second-order valence-electron chi connectivity index (χ2n) is 6.72. The Hall–Kier alpha value is -1.66. The van der Waals surface area contributed by atoms with E-state index in [1.807, 2.05) is 12.1 Å². The predicted octanol–water partition coefficient (Wildman–Crippen LogP) is 1.74. The monoisotopic (exact) mass is 325 g/mol. The van der Waals surface area contributed by atoms with E-state index in [1.165, 1.54) is 15.9 Å². The van der Waals surface area contributed by atoms with Gasteiger partial charge in [0, 0.05) is 13.0 Å². The highest BCUT2D eigenvalue weighted by molar-refractivity contribution is 6.52. The summed E-state index contributed by atoms with van der Waals surface area (Å²) in [5, 5.41) is 0. The topological polar surface area (TPSA) is 32.1 Å². The molecular formula is C19H24BNO3. The van der Waals surface area contributed by atoms with Gasteiger partial charge in [-0.15, -0.1) is 0 Å². The lowest BCUT2D eigenvalue weighted by Gasteiger charge is -2.37. The molecule has 5 heteroatoms. The molecule has 0 amide bonds. The van der Waals surface area contributed by atoms with Crippen LogP contribution in [0.3, 0.4) is 0 Å². The zero-order valence-corrected chi connectivity index (χ0v) is 14.3. The van der Waals surface area contributed by atoms with E-state index in [4.69, 9.17) is 14.0 Å². The molecule has 0 aliphatic carbocycles. The van der Waals surface area contributed by atoms with E-state index in [0.717, 1.165) is 19.4 Å². The van der Waals surface area contributed by atoms with Crippen LogP contribution < -0.4 is 4.81 Å². The lowest BCUT2D eigenvalue weighted by atomic mass is 9.79. The van der Waals surface area contributed by atoms with Gasteiger partial charge in [0.2, 0.25) is 0 Å².